The monoisotopic (exact) mass is 213 g/mol. The highest BCUT2D eigenvalue weighted by Gasteiger charge is 2.07. The normalized spacial score (nSPS) is 10.0. The van der Waals surface area contributed by atoms with Gasteiger partial charge < -0.3 is 5.11 Å². The number of pyridine rings is 1. The molecule has 0 atom stereocenters. The summed E-state index contributed by atoms with van der Waals surface area (Å²) in [7, 11) is 0. The molecule has 16 heavy (non-hydrogen) atoms. The van der Waals surface area contributed by atoms with Crippen molar-refractivity contribution in [3.8, 4) is 5.75 Å². The summed E-state index contributed by atoms with van der Waals surface area (Å²) in [5, 5.41) is 9.26. The molecule has 0 saturated heterocycles. The average Bonchev–Trinajstić information content (AvgIpc) is 2.30. The highest BCUT2D eigenvalue weighted by Crippen LogP contribution is 2.13. The minimum atomic E-state index is -0.0242. The molecule has 0 amide bonds. The third-order valence-corrected chi connectivity index (χ3v) is 2.26. The number of ketones is 1. The van der Waals surface area contributed by atoms with E-state index in [-0.39, 0.29) is 11.5 Å². The molecule has 0 aliphatic carbocycles. The molecular formula is C13H11NO2. The Kier molecular flexibility index (Phi) is 2.96. The van der Waals surface area contributed by atoms with Gasteiger partial charge in [-0.25, -0.2) is 0 Å². The highest BCUT2D eigenvalue weighted by molar-refractivity contribution is 5.97. The predicted molar refractivity (Wildman–Crippen MR) is 60.4 cm³/mol. The minimum Gasteiger partial charge on any atom is -0.508 e. The fourth-order valence-corrected chi connectivity index (χ4v) is 1.47. The first-order chi connectivity index (χ1) is 7.75. The van der Waals surface area contributed by atoms with Crippen LogP contribution >= 0.6 is 0 Å². The van der Waals surface area contributed by atoms with E-state index in [0.29, 0.717) is 12.0 Å². The number of carbonyl (C=O) groups excluding carboxylic acids is 1. The van der Waals surface area contributed by atoms with Crippen molar-refractivity contribution in [2.45, 2.75) is 6.42 Å². The number of phenolic OH excluding ortho intramolecular Hbond substituents is 1. The summed E-state index contributed by atoms with van der Waals surface area (Å²) in [6, 6.07) is 10.0. The molecule has 2 rings (SSSR count). The van der Waals surface area contributed by atoms with Crippen LogP contribution in [0.3, 0.4) is 0 Å². The zero-order chi connectivity index (χ0) is 11.4. The standard InChI is InChI=1S/C13H11NO2/c15-12-5-1-4-11(8-12)13(16)7-10-3-2-6-14-9-10/h1-6,8-9,15H,7H2. The van der Waals surface area contributed by atoms with Gasteiger partial charge in [0.25, 0.3) is 0 Å². The quantitative estimate of drug-likeness (QED) is 0.795. The summed E-state index contributed by atoms with van der Waals surface area (Å²) < 4.78 is 0. The summed E-state index contributed by atoms with van der Waals surface area (Å²) in [6.07, 6.45) is 3.64. The van der Waals surface area contributed by atoms with Gasteiger partial charge in [-0.2, -0.15) is 0 Å². The summed E-state index contributed by atoms with van der Waals surface area (Å²) in [5.41, 5.74) is 1.39. The molecule has 3 heteroatoms. The Bertz CT molecular complexity index is 494. The molecule has 1 aromatic carbocycles. The first-order valence-corrected chi connectivity index (χ1v) is 4.97. The third kappa shape index (κ3) is 2.45. The fourth-order valence-electron chi connectivity index (χ4n) is 1.47. The smallest absolute Gasteiger partial charge is 0.167 e. The van der Waals surface area contributed by atoms with Gasteiger partial charge in [-0.1, -0.05) is 18.2 Å². The Morgan fingerprint density at radius 1 is 1.25 bits per heavy atom. The lowest BCUT2D eigenvalue weighted by atomic mass is 10.0. The van der Waals surface area contributed by atoms with Crippen molar-refractivity contribution in [1.82, 2.24) is 4.98 Å². The molecule has 80 valence electrons. The Labute approximate surface area is 93.4 Å². The maximum absolute atomic E-state index is 11.8. The van der Waals surface area contributed by atoms with Crippen LogP contribution in [0.5, 0.6) is 5.75 Å². The molecule has 1 aromatic heterocycles. The molecule has 0 bridgehead atoms. The van der Waals surface area contributed by atoms with Gasteiger partial charge >= 0.3 is 0 Å². The number of aromatic hydroxyl groups is 1. The van der Waals surface area contributed by atoms with Crippen LogP contribution in [-0.4, -0.2) is 15.9 Å². The van der Waals surface area contributed by atoms with E-state index in [2.05, 4.69) is 4.98 Å². The lowest BCUT2D eigenvalue weighted by molar-refractivity contribution is 0.0992. The number of rotatable bonds is 3. The molecule has 2 aromatic rings. The molecule has 0 aliphatic rings. The van der Waals surface area contributed by atoms with Gasteiger partial charge in [-0.3, -0.25) is 9.78 Å². The van der Waals surface area contributed by atoms with Crippen LogP contribution in [0.1, 0.15) is 15.9 Å². The number of hydrogen-bond donors (Lipinski definition) is 1. The second-order valence-electron chi connectivity index (χ2n) is 3.51. The van der Waals surface area contributed by atoms with Crippen molar-refractivity contribution in [3.05, 3.63) is 59.9 Å². The van der Waals surface area contributed by atoms with Gasteiger partial charge in [0.05, 0.1) is 0 Å². The van der Waals surface area contributed by atoms with E-state index in [1.54, 1.807) is 36.7 Å². The second kappa shape index (κ2) is 4.57. The lowest BCUT2D eigenvalue weighted by Crippen LogP contribution is -2.03. The van der Waals surface area contributed by atoms with Crippen LogP contribution in [0, 0.1) is 0 Å². The highest BCUT2D eigenvalue weighted by atomic mass is 16.3. The minimum absolute atomic E-state index is 0.0242. The van der Waals surface area contributed by atoms with Crippen molar-refractivity contribution in [2.24, 2.45) is 0 Å². The third-order valence-electron chi connectivity index (χ3n) is 2.26. The number of benzene rings is 1. The molecule has 0 unspecified atom stereocenters. The summed E-state index contributed by atoms with van der Waals surface area (Å²) in [4.78, 5) is 15.8. The average molecular weight is 213 g/mol. The molecule has 3 nitrogen and oxygen atoms in total. The molecule has 0 saturated carbocycles. The first kappa shape index (κ1) is 10.4. The van der Waals surface area contributed by atoms with Crippen molar-refractivity contribution < 1.29 is 9.90 Å². The van der Waals surface area contributed by atoms with Gasteiger partial charge in [0.1, 0.15) is 5.75 Å². The molecule has 0 fully saturated rings. The van der Waals surface area contributed by atoms with Crippen LogP contribution in [0.2, 0.25) is 0 Å². The van der Waals surface area contributed by atoms with Crippen LogP contribution in [-0.2, 0) is 6.42 Å². The van der Waals surface area contributed by atoms with Crippen LogP contribution in [0.25, 0.3) is 0 Å². The maximum Gasteiger partial charge on any atom is 0.167 e. The van der Waals surface area contributed by atoms with Crippen molar-refractivity contribution >= 4 is 5.78 Å². The van der Waals surface area contributed by atoms with Gasteiger partial charge in [0, 0.05) is 24.4 Å². The maximum atomic E-state index is 11.8. The van der Waals surface area contributed by atoms with E-state index in [4.69, 9.17) is 0 Å². The molecule has 0 spiro atoms. The van der Waals surface area contributed by atoms with E-state index in [1.165, 1.54) is 6.07 Å². The van der Waals surface area contributed by atoms with Gasteiger partial charge in [0.2, 0.25) is 0 Å². The van der Waals surface area contributed by atoms with E-state index >= 15 is 0 Å². The molecule has 0 radical (unpaired) electrons. The van der Waals surface area contributed by atoms with Crippen LogP contribution in [0.15, 0.2) is 48.8 Å². The summed E-state index contributed by atoms with van der Waals surface area (Å²) in [6.45, 7) is 0. The van der Waals surface area contributed by atoms with Crippen LogP contribution in [0.4, 0.5) is 0 Å². The van der Waals surface area contributed by atoms with Gasteiger partial charge in [0.15, 0.2) is 5.78 Å². The summed E-state index contributed by atoms with van der Waals surface area (Å²) in [5.74, 6) is 0.0842. The Balaban J connectivity index is 2.15. The zero-order valence-electron chi connectivity index (χ0n) is 8.63. The van der Waals surface area contributed by atoms with E-state index in [0.717, 1.165) is 5.56 Å². The fraction of sp³-hybridized carbons (Fsp3) is 0.0769. The number of phenols is 1. The molecule has 1 N–H and O–H groups in total. The van der Waals surface area contributed by atoms with Crippen LogP contribution < -0.4 is 0 Å². The first-order valence-electron chi connectivity index (χ1n) is 4.97. The number of carbonyl (C=O) groups is 1. The SMILES string of the molecule is O=C(Cc1cccnc1)c1cccc(O)c1. The number of hydrogen-bond acceptors (Lipinski definition) is 3. The molecular weight excluding hydrogens is 202 g/mol. The Hall–Kier alpha value is -2.16. The predicted octanol–water partition coefficient (Wildman–Crippen LogP) is 2.21. The zero-order valence-corrected chi connectivity index (χ0v) is 8.63. The Morgan fingerprint density at radius 2 is 2.12 bits per heavy atom. The largest absolute Gasteiger partial charge is 0.508 e. The Morgan fingerprint density at radius 3 is 2.81 bits per heavy atom. The van der Waals surface area contributed by atoms with E-state index in [1.807, 2.05) is 6.07 Å². The lowest BCUT2D eigenvalue weighted by Gasteiger charge is -2.01. The van der Waals surface area contributed by atoms with Gasteiger partial charge in [-0.05, 0) is 23.8 Å². The van der Waals surface area contributed by atoms with E-state index in [9.17, 15) is 9.90 Å². The number of nitrogens with zero attached hydrogens (tertiary/aromatic N) is 1. The number of Topliss-reactive ketones (excluding diaryl/α,β-unsaturated/α-hetero) is 1. The topological polar surface area (TPSA) is 50.2 Å². The van der Waals surface area contributed by atoms with E-state index < -0.39 is 0 Å². The molecule has 1 heterocycles. The van der Waals surface area contributed by atoms with Crippen molar-refractivity contribution in [3.63, 3.8) is 0 Å². The van der Waals surface area contributed by atoms with Gasteiger partial charge in [-0.15, -0.1) is 0 Å². The van der Waals surface area contributed by atoms with Crippen molar-refractivity contribution in [1.29, 1.82) is 0 Å². The second-order valence-corrected chi connectivity index (χ2v) is 3.51. The van der Waals surface area contributed by atoms with Crippen molar-refractivity contribution in [2.75, 3.05) is 0 Å². The molecule has 0 aliphatic heterocycles. The number of aromatic nitrogens is 1. The summed E-state index contributed by atoms with van der Waals surface area (Å²) >= 11 is 0.